The zero-order valence-corrected chi connectivity index (χ0v) is 10.1. The number of rotatable bonds is 9. The second-order valence-electron chi connectivity index (χ2n) is 3.84. The van der Waals surface area contributed by atoms with Crippen molar-refractivity contribution >= 4 is 0 Å². The Labute approximate surface area is 89.5 Å². The second-order valence-corrected chi connectivity index (χ2v) is 3.84. The summed E-state index contributed by atoms with van der Waals surface area (Å²) in [6.45, 7) is 11.5. The fourth-order valence-electron chi connectivity index (χ4n) is 1.51. The van der Waals surface area contributed by atoms with Crippen molar-refractivity contribution in [2.45, 2.75) is 65.4 Å². The van der Waals surface area contributed by atoms with E-state index in [1.807, 2.05) is 0 Å². The van der Waals surface area contributed by atoms with Crippen molar-refractivity contribution in [2.75, 3.05) is 6.61 Å². The Kier molecular flexibility index (Phi) is 9.06. The largest absolute Gasteiger partial charge is 0.374 e. The van der Waals surface area contributed by atoms with Crippen molar-refractivity contribution in [3.63, 3.8) is 0 Å². The highest BCUT2D eigenvalue weighted by Gasteiger charge is 2.08. The van der Waals surface area contributed by atoms with Crippen LogP contribution in [-0.4, -0.2) is 12.7 Å². The van der Waals surface area contributed by atoms with Gasteiger partial charge >= 0.3 is 0 Å². The van der Waals surface area contributed by atoms with Crippen LogP contribution in [0.2, 0.25) is 0 Å². The van der Waals surface area contributed by atoms with E-state index in [4.69, 9.17) is 4.74 Å². The van der Waals surface area contributed by atoms with Crippen molar-refractivity contribution in [1.82, 2.24) is 0 Å². The van der Waals surface area contributed by atoms with Crippen LogP contribution < -0.4 is 0 Å². The molecular weight excluding hydrogens is 172 g/mol. The molecule has 0 fully saturated rings. The first-order valence-electron chi connectivity index (χ1n) is 6.05. The van der Waals surface area contributed by atoms with E-state index in [2.05, 4.69) is 27.4 Å². The molecule has 0 aliphatic rings. The smallest absolute Gasteiger partial charge is 0.0779 e. The Morgan fingerprint density at radius 2 is 1.86 bits per heavy atom. The van der Waals surface area contributed by atoms with Gasteiger partial charge in [0.15, 0.2) is 0 Å². The first kappa shape index (κ1) is 13.7. The molecule has 1 nitrogen and oxygen atoms in total. The van der Waals surface area contributed by atoms with Gasteiger partial charge in [-0.15, -0.1) is 0 Å². The third-order valence-electron chi connectivity index (χ3n) is 2.60. The summed E-state index contributed by atoms with van der Waals surface area (Å²) < 4.78 is 5.79. The Bertz CT molecular complexity index is 140. The maximum absolute atomic E-state index is 5.79. The summed E-state index contributed by atoms with van der Waals surface area (Å²) in [6.07, 6.45) is 7.50. The third-order valence-corrected chi connectivity index (χ3v) is 2.60. The van der Waals surface area contributed by atoms with E-state index in [0.29, 0.717) is 6.10 Å². The molecular formula is C13H26O. The maximum atomic E-state index is 5.79. The van der Waals surface area contributed by atoms with Crippen LogP contribution in [0.25, 0.3) is 0 Å². The highest BCUT2D eigenvalue weighted by Crippen LogP contribution is 2.13. The van der Waals surface area contributed by atoms with Crippen LogP contribution in [-0.2, 0) is 4.74 Å². The van der Waals surface area contributed by atoms with Gasteiger partial charge in [-0.2, -0.15) is 0 Å². The van der Waals surface area contributed by atoms with Gasteiger partial charge in [0.2, 0.25) is 0 Å². The molecule has 0 aliphatic carbocycles. The highest BCUT2D eigenvalue weighted by atomic mass is 16.5. The van der Waals surface area contributed by atoms with Crippen molar-refractivity contribution in [2.24, 2.45) is 0 Å². The SMILES string of the molecule is C=C(CC)C(CC)OCCCCCC. The molecule has 0 saturated carbocycles. The van der Waals surface area contributed by atoms with Gasteiger partial charge in [0.05, 0.1) is 6.10 Å². The van der Waals surface area contributed by atoms with E-state index in [1.165, 1.54) is 31.3 Å². The van der Waals surface area contributed by atoms with Gasteiger partial charge in [-0.3, -0.25) is 0 Å². The lowest BCUT2D eigenvalue weighted by molar-refractivity contribution is 0.0705. The lowest BCUT2D eigenvalue weighted by Gasteiger charge is -2.17. The molecule has 14 heavy (non-hydrogen) atoms. The summed E-state index contributed by atoms with van der Waals surface area (Å²) in [5.41, 5.74) is 1.24. The van der Waals surface area contributed by atoms with Gasteiger partial charge in [0, 0.05) is 6.61 Å². The van der Waals surface area contributed by atoms with E-state index >= 15 is 0 Å². The van der Waals surface area contributed by atoms with Crippen molar-refractivity contribution < 1.29 is 4.74 Å². The molecule has 0 heterocycles. The van der Waals surface area contributed by atoms with E-state index in [1.54, 1.807) is 0 Å². The van der Waals surface area contributed by atoms with Crippen molar-refractivity contribution in [3.8, 4) is 0 Å². The van der Waals surface area contributed by atoms with Gasteiger partial charge in [-0.1, -0.05) is 46.6 Å². The highest BCUT2D eigenvalue weighted by molar-refractivity contribution is 5.00. The molecule has 84 valence electrons. The van der Waals surface area contributed by atoms with E-state index in [9.17, 15) is 0 Å². The second kappa shape index (κ2) is 9.26. The molecule has 0 N–H and O–H groups in total. The molecule has 0 saturated heterocycles. The lowest BCUT2D eigenvalue weighted by atomic mass is 10.1. The monoisotopic (exact) mass is 198 g/mol. The van der Waals surface area contributed by atoms with Crippen LogP contribution in [0.3, 0.4) is 0 Å². The van der Waals surface area contributed by atoms with Crippen LogP contribution in [0.4, 0.5) is 0 Å². The van der Waals surface area contributed by atoms with Gasteiger partial charge < -0.3 is 4.74 Å². The molecule has 0 radical (unpaired) electrons. The molecule has 0 amide bonds. The van der Waals surface area contributed by atoms with Crippen molar-refractivity contribution in [3.05, 3.63) is 12.2 Å². The van der Waals surface area contributed by atoms with Gasteiger partial charge in [-0.05, 0) is 24.8 Å². The fraction of sp³-hybridized carbons (Fsp3) is 0.846. The average Bonchev–Trinajstić information content (AvgIpc) is 2.22. The number of hydrogen-bond acceptors (Lipinski definition) is 1. The summed E-state index contributed by atoms with van der Waals surface area (Å²) in [7, 11) is 0. The lowest BCUT2D eigenvalue weighted by Crippen LogP contribution is -2.14. The molecule has 0 spiro atoms. The van der Waals surface area contributed by atoms with Crippen LogP contribution >= 0.6 is 0 Å². The van der Waals surface area contributed by atoms with Gasteiger partial charge in [-0.25, -0.2) is 0 Å². The minimum atomic E-state index is 0.293. The van der Waals surface area contributed by atoms with Crippen LogP contribution in [0.5, 0.6) is 0 Å². The number of ether oxygens (including phenoxy) is 1. The number of hydrogen-bond donors (Lipinski definition) is 0. The molecule has 0 rings (SSSR count). The summed E-state index contributed by atoms with van der Waals surface area (Å²) in [5, 5.41) is 0. The maximum Gasteiger partial charge on any atom is 0.0779 e. The summed E-state index contributed by atoms with van der Waals surface area (Å²) in [5.74, 6) is 0. The fourth-order valence-corrected chi connectivity index (χ4v) is 1.51. The quantitative estimate of drug-likeness (QED) is 0.396. The van der Waals surface area contributed by atoms with Crippen LogP contribution in [0.15, 0.2) is 12.2 Å². The molecule has 0 aliphatic heterocycles. The zero-order chi connectivity index (χ0) is 10.8. The van der Waals surface area contributed by atoms with E-state index in [0.717, 1.165) is 19.4 Å². The van der Waals surface area contributed by atoms with Crippen LogP contribution in [0, 0.1) is 0 Å². The molecule has 1 atom stereocenters. The Hall–Kier alpha value is -0.300. The summed E-state index contributed by atoms with van der Waals surface area (Å²) >= 11 is 0. The Morgan fingerprint density at radius 3 is 2.36 bits per heavy atom. The predicted octanol–water partition coefficient (Wildman–Crippen LogP) is 4.33. The normalized spacial score (nSPS) is 12.8. The predicted molar refractivity (Wildman–Crippen MR) is 63.6 cm³/mol. The molecule has 0 aromatic rings. The topological polar surface area (TPSA) is 9.23 Å². The molecule has 0 aromatic heterocycles. The Balaban J connectivity index is 3.48. The van der Waals surface area contributed by atoms with E-state index < -0.39 is 0 Å². The minimum Gasteiger partial charge on any atom is -0.374 e. The van der Waals surface area contributed by atoms with E-state index in [-0.39, 0.29) is 0 Å². The zero-order valence-electron chi connectivity index (χ0n) is 10.1. The molecule has 1 unspecified atom stereocenters. The van der Waals surface area contributed by atoms with Crippen LogP contribution in [0.1, 0.15) is 59.3 Å². The third kappa shape index (κ3) is 6.20. The minimum absolute atomic E-state index is 0.293. The first-order chi connectivity index (χ1) is 6.76. The molecule has 1 heteroatoms. The standard InChI is InChI=1S/C13H26O/c1-5-8-9-10-11-14-13(7-3)12(4)6-2/h13H,4-11H2,1-3H3. The summed E-state index contributed by atoms with van der Waals surface area (Å²) in [6, 6.07) is 0. The van der Waals surface area contributed by atoms with Gasteiger partial charge in [0.25, 0.3) is 0 Å². The Morgan fingerprint density at radius 1 is 1.14 bits per heavy atom. The van der Waals surface area contributed by atoms with Crippen molar-refractivity contribution in [1.29, 1.82) is 0 Å². The average molecular weight is 198 g/mol. The van der Waals surface area contributed by atoms with Gasteiger partial charge in [0.1, 0.15) is 0 Å². The molecule has 0 bridgehead atoms. The molecule has 0 aromatic carbocycles. The first-order valence-corrected chi connectivity index (χ1v) is 6.05. The summed E-state index contributed by atoms with van der Waals surface area (Å²) in [4.78, 5) is 0. The number of unbranched alkanes of at least 4 members (excludes halogenated alkanes) is 3.